The van der Waals surface area contributed by atoms with Crippen molar-refractivity contribution in [3.05, 3.63) is 23.8 Å². The first-order chi connectivity index (χ1) is 16.6. The summed E-state index contributed by atoms with van der Waals surface area (Å²) in [7, 11) is 0. The molecule has 0 radical (unpaired) electrons. The van der Waals surface area contributed by atoms with Crippen LogP contribution < -0.4 is 0 Å². The molecular weight excluding hydrogens is 432 g/mol. The molecule has 6 unspecified atom stereocenters. The van der Waals surface area contributed by atoms with Crippen LogP contribution in [0.2, 0.25) is 0 Å². The van der Waals surface area contributed by atoms with Crippen molar-refractivity contribution in [2.24, 2.45) is 40.4 Å². The van der Waals surface area contributed by atoms with Crippen LogP contribution in [-0.4, -0.2) is 18.9 Å². The van der Waals surface area contributed by atoms with Gasteiger partial charge in [-0.1, -0.05) is 71.6 Å². The lowest BCUT2D eigenvalue weighted by atomic mass is 9.47. The molecule has 0 heterocycles. The van der Waals surface area contributed by atoms with E-state index < -0.39 is 6.16 Å². The summed E-state index contributed by atoms with van der Waals surface area (Å²) < 4.78 is 10.9. The fraction of sp³-hybridized carbons (Fsp3) is 0.844. The third-order valence-corrected chi connectivity index (χ3v) is 10.8. The van der Waals surface area contributed by atoms with Crippen molar-refractivity contribution >= 4 is 6.16 Å². The molecule has 198 valence electrons. The molecule has 0 aromatic heterocycles. The fourth-order valence-electron chi connectivity index (χ4n) is 8.78. The van der Waals surface area contributed by atoms with Crippen molar-refractivity contribution in [2.45, 2.75) is 124 Å². The average molecular weight is 485 g/mol. The summed E-state index contributed by atoms with van der Waals surface area (Å²) >= 11 is 0. The zero-order valence-corrected chi connectivity index (χ0v) is 23.4. The first kappa shape index (κ1) is 26.8. The van der Waals surface area contributed by atoms with E-state index >= 15 is 0 Å². The standard InChI is InChI=1S/C32H52O3/c1-22(2)10-8-7-9-11-24-13-15-28-27-14-12-25-20-26(35-30(33)34-21-23(3)4)16-18-32(25,6)29(27)17-19-31(24,28)5/h12,22,24,26-29H,3,7-11,13-21H2,1-2,4-6H3/t24?,26-,27?,28?,29?,31?,32?/m0/s1. The van der Waals surface area contributed by atoms with Crippen molar-refractivity contribution in [3.63, 3.8) is 0 Å². The van der Waals surface area contributed by atoms with Crippen molar-refractivity contribution in [1.29, 1.82) is 0 Å². The SMILES string of the molecule is C=C(C)COC(=O)O[C@H]1CCC2(C)C(=CCC3C2CCC2(C)C(CCCCCC(C)C)CCC32)C1. The van der Waals surface area contributed by atoms with Crippen LogP contribution in [0.5, 0.6) is 0 Å². The predicted octanol–water partition coefficient (Wildman–Crippen LogP) is 9.27. The molecule has 0 spiro atoms. The Morgan fingerprint density at radius 2 is 1.89 bits per heavy atom. The van der Waals surface area contributed by atoms with E-state index in [9.17, 15) is 4.79 Å². The van der Waals surface area contributed by atoms with Crippen molar-refractivity contribution in [1.82, 2.24) is 0 Å². The molecule has 35 heavy (non-hydrogen) atoms. The van der Waals surface area contributed by atoms with Gasteiger partial charge in [-0.25, -0.2) is 4.79 Å². The van der Waals surface area contributed by atoms with Gasteiger partial charge in [-0.15, -0.1) is 0 Å². The minimum Gasteiger partial charge on any atom is -0.431 e. The van der Waals surface area contributed by atoms with E-state index in [2.05, 4.69) is 40.3 Å². The zero-order valence-electron chi connectivity index (χ0n) is 23.4. The number of unbranched alkanes of at least 4 members (excludes halogenated alkanes) is 2. The summed E-state index contributed by atoms with van der Waals surface area (Å²) in [5.74, 6) is 4.36. The van der Waals surface area contributed by atoms with E-state index in [1.165, 1.54) is 64.2 Å². The van der Waals surface area contributed by atoms with Crippen LogP contribution in [0, 0.1) is 40.4 Å². The number of fused-ring (bicyclic) bond motifs is 5. The molecule has 3 fully saturated rings. The third-order valence-electron chi connectivity index (χ3n) is 10.8. The van der Waals surface area contributed by atoms with Crippen LogP contribution in [0.1, 0.15) is 118 Å². The Balaban J connectivity index is 1.35. The van der Waals surface area contributed by atoms with Crippen LogP contribution in [0.4, 0.5) is 4.79 Å². The van der Waals surface area contributed by atoms with Crippen LogP contribution in [0.15, 0.2) is 23.8 Å². The van der Waals surface area contributed by atoms with E-state index in [-0.39, 0.29) is 12.7 Å². The molecule has 0 amide bonds. The Morgan fingerprint density at radius 3 is 2.63 bits per heavy atom. The first-order valence-corrected chi connectivity index (χ1v) is 14.8. The minimum absolute atomic E-state index is 0.0380. The number of carbonyl (C=O) groups excluding carboxylic acids is 1. The van der Waals surface area contributed by atoms with Gasteiger partial charge in [0.1, 0.15) is 12.7 Å². The second-order valence-electron chi connectivity index (χ2n) is 13.6. The normalized spacial score (nSPS) is 38.2. The van der Waals surface area contributed by atoms with E-state index in [4.69, 9.17) is 9.47 Å². The molecule has 4 rings (SSSR count). The molecule has 3 saturated carbocycles. The van der Waals surface area contributed by atoms with Gasteiger partial charge < -0.3 is 9.47 Å². The summed E-state index contributed by atoms with van der Waals surface area (Å²) in [6, 6.07) is 0. The van der Waals surface area contributed by atoms with Crippen LogP contribution in [-0.2, 0) is 9.47 Å². The van der Waals surface area contributed by atoms with Gasteiger partial charge in [0.05, 0.1) is 0 Å². The van der Waals surface area contributed by atoms with Gasteiger partial charge in [0.2, 0.25) is 0 Å². The fourth-order valence-corrected chi connectivity index (χ4v) is 8.78. The summed E-state index contributed by atoms with van der Waals surface area (Å²) in [5.41, 5.74) is 3.25. The summed E-state index contributed by atoms with van der Waals surface area (Å²) in [4.78, 5) is 12.1. The summed E-state index contributed by atoms with van der Waals surface area (Å²) in [5, 5.41) is 0. The molecule has 0 aromatic rings. The molecule has 0 bridgehead atoms. The zero-order chi connectivity index (χ0) is 25.2. The number of hydrogen-bond donors (Lipinski definition) is 0. The van der Waals surface area contributed by atoms with Gasteiger partial charge in [0, 0.05) is 6.42 Å². The molecule has 3 nitrogen and oxygen atoms in total. The van der Waals surface area contributed by atoms with Gasteiger partial charge in [-0.3, -0.25) is 0 Å². The maximum atomic E-state index is 12.1. The lowest BCUT2D eigenvalue weighted by Gasteiger charge is -2.58. The number of ether oxygens (including phenoxy) is 2. The Morgan fingerprint density at radius 1 is 1.09 bits per heavy atom. The van der Waals surface area contributed by atoms with Gasteiger partial charge >= 0.3 is 6.16 Å². The van der Waals surface area contributed by atoms with E-state index in [1.807, 2.05) is 6.92 Å². The monoisotopic (exact) mass is 484 g/mol. The number of rotatable bonds is 9. The van der Waals surface area contributed by atoms with Gasteiger partial charge in [-0.2, -0.15) is 0 Å². The topological polar surface area (TPSA) is 35.5 Å². The van der Waals surface area contributed by atoms with Gasteiger partial charge in [-0.05, 0) is 104 Å². The van der Waals surface area contributed by atoms with Gasteiger partial charge in [0.25, 0.3) is 0 Å². The molecular formula is C32H52O3. The Kier molecular flexibility index (Phi) is 8.43. The largest absolute Gasteiger partial charge is 0.508 e. The maximum absolute atomic E-state index is 12.1. The molecule has 0 aliphatic heterocycles. The quantitative estimate of drug-likeness (QED) is 0.186. The van der Waals surface area contributed by atoms with Crippen molar-refractivity contribution in [3.8, 4) is 0 Å². The third kappa shape index (κ3) is 5.69. The molecule has 0 aromatic carbocycles. The number of carbonyl (C=O) groups is 1. The minimum atomic E-state index is -0.537. The first-order valence-electron chi connectivity index (χ1n) is 14.8. The second-order valence-corrected chi connectivity index (χ2v) is 13.6. The molecule has 4 aliphatic carbocycles. The summed E-state index contributed by atoms with van der Waals surface area (Å²) in [6.45, 7) is 15.8. The highest BCUT2D eigenvalue weighted by Crippen LogP contribution is 2.66. The average Bonchev–Trinajstić information content (AvgIpc) is 3.14. The maximum Gasteiger partial charge on any atom is 0.508 e. The predicted molar refractivity (Wildman–Crippen MR) is 144 cm³/mol. The molecule has 0 N–H and O–H groups in total. The van der Waals surface area contributed by atoms with Crippen molar-refractivity contribution in [2.75, 3.05) is 6.61 Å². The molecule has 4 aliphatic rings. The molecule has 7 atom stereocenters. The highest BCUT2D eigenvalue weighted by Gasteiger charge is 2.58. The Hall–Kier alpha value is -1.25. The lowest BCUT2D eigenvalue weighted by Crippen LogP contribution is -2.50. The number of allylic oxidation sites excluding steroid dienone is 1. The van der Waals surface area contributed by atoms with Crippen LogP contribution >= 0.6 is 0 Å². The lowest BCUT2D eigenvalue weighted by molar-refractivity contribution is -0.0559. The van der Waals surface area contributed by atoms with Crippen LogP contribution in [0.25, 0.3) is 0 Å². The van der Waals surface area contributed by atoms with Crippen molar-refractivity contribution < 1.29 is 14.3 Å². The Bertz CT molecular complexity index is 797. The second kappa shape index (κ2) is 11.0. The van der Waals surface area contributed by atoms with Crippen LogP contribution in [0.3, 0.4) is 0 Å². The highest BCUT2D eigenvalue weighted by molar-refractivity contribution is 5.60. The van der Waals surface area contributed by atoms with E-state index in [1.54, 1.807) is 5.57 Å². The van der Waals surface area contributed by atoms with Gasteiger partial charge in [0.15, 0.2) is 0 Å². The summed E-state index contributed by atoms with van der Waals surface area (Å²) in [6.07, 6.45) is 19.1. The number of hydrogen-bond acceptors (Lipinski definition) is 3. The molecule has 0 saturated heterocycles. The Labute approximate surface area is 215 Å². The van der Waals surface area contributed by atoms with E-state index in [0.717, 1.165) is 54.4 Å². The van der Waals surface area contributed by atoms with E-state index in [0.29, 0.717) is 10.8 Å². The smallest absolute Gasteiger partial charge is 0.431 e. The highest BCUT2D eigenvalue weighted by atomic mass is 16.7. The molecule has 3 heteroatoms.